The van der Waals surface area contributed by atoms with Crippen molar-refractivity contribution in [1.82, 2.24) is 5.32 Å². The van der Waals surface area contributed by atoms with Crippen LogP contribution in [0.25, 0.3) is 0 Å². The molecule has 0 aromatic carbocycles. The predicted molar refractivity (Wildman–Crippen MR) is 51.6 cm³/mol. The first kappa shape index (κ1) is 10.8. The molecule has 0 aliphatic heterocycles. The highest BCUT2D eigenvalue weighted by molar-refractivity contribution is 5.18. The molecular weight excluding hydrogens is 180 g/mol. The van der Waals surface area contributed by atoms with Crippen molar-refractivity contribution < 1.29 is 9.15 Å². The predicted octanol–water partition coefficient (Wildman–Crippen LogP) is 1.28. The normalized spacial score (nSPS) is 12.4. The summed E-state index contributed by atoms with van der Waals surface area (Å²) in [6, 6.07) is 5.68. The molecule has 0 spiro atoms. The number of methoxy groups -OCH3 is 1. The molecule has 0 saturated carbocycles. The topological polar surface area (TPSA) is 58.2 Å². The summed E-state index contributed by atoms with van der Waals surface area (Å²) >= 11 is 0. The van der Waals surface area contributed by atoms with Crippen LogP contribution in [0.5, 0.6) is 0 Å². The minimum Gasteiger partial charge on any atom is -0.449 e. The van der Waals surface area contributed by atoms with Gasteiger partial charge in [0.2, 0.25) is 5.76 Å². The second-order valence-electron chi connectivity index (χ2n) is 3.12. The average Bonchev–Trinajstić information content (AvgIpc) is 2.63. The third-order valence-corrected chi connectivity index (χ3v) is 1.81. The first-order valence-electron chi connectivity index (χ1n) is 4.47. The van der Waals surface area contributed by atoms with Gasteiger partial charge < -0.3 is 14.5 Å². The van der Waals surface area contributed by atoms with Gasteiger partial charge in [-0.05, 0) is 19.1 Å². The number of nitrogens with zero attached hydrogens (tertiary/aromatic N) is 1. The van der Waals surface area contributed by atoms with Crippen LogP contribution < -0.4 is 5.32 Å². The van der Waals surface area contributed by atoms with Crippen molar-refractivity contribution in [2.75, 3.05) is 13.7 Å². The second kappa shape index (κ2) is 5.43. The molecule has 0 amide bonds. The lowest BCUT2D eigenvalue weighted by atomic mass is 10.3. The van der Waals surface area contributed by atoms with Crippen molar-refractivity contribution in [3.63, 3.8) is 0 Å². The molecule has 0 fully saturated rings. The molecule has 0 radical (unpaired) electrons. The maximum atomic E-state index is 8.53. The molecule has 1 atom stereocenters. The molecule has 0 saturated heterocycles. The highest BCUT2D eigenvalue weighted by Crippen LogP contribution is 2.06. The van der Waals surface area contributed by atoms with Crippen LogP contribution in [0.4, 0.5) is 0 Å². The van der Waals surface area contributed by atoms with Gasteiger partial charge >= 0.3 is 0 Å². The summed E-state index contributed by atoms with van der Waals surface area (Å²) in [5.41, 5.74) is 0. The van der Waals surface area contributed by atoms with Crippen LogP contribution in [0.15, 0.2) is 16.5 Å². The maximum absolute atomic E-state index is 8.53. The van der Waals surface area contributed by atoms with Gasteiger partial charge in [-0.15, -0.1) is 0 Å². The summed E-state index contributed by atoms with van der Waals surface area (Å²) in [5.74, 6) is 1.12. The van der Waals surface area contributed by atoms with Crippen LogP contribution in [-0.4, -0.2) is 19.8 Å². The SMILES string of the molecule is COCC(C)NCc1ccc(C#N)o1. The molecule has 4 nitrogen and oxygen atoms in total. The molecule has 0 bridgehead atoms. The average molecular weight is 194 g/mol. The Morgan fingerprint density at radius 2 is 2.43 bits per heavy atom. The fraction of sp³-hybridized carbons (Fsp3) is 0.500. The zero-order valence-electron chi connectivity index (χ0n) is 8.41. The smallest absolute Gasteiger partial charge is 0.203 e. The minimum atomic E-state index is 0.274. The van der Waals surface area contributed by atoms with Crippen LogP contribution in [-0.2, 0) is 11.3 Å². The first-order chi connectivity index (χ1) is 6.76. The Bertz CT molecular complexity index is 314. The molecule has 0 aliphatic carbocycles. The van der Waals surface area contributed by atoms with E-state index < -0.39 is 0 Å². The third-order valence-electron chi connectivity index (χ3n) is 1.81. The van der Waals surface area contributed by atoms with Crippen LogP contribution >= 0.6 is 0 Å². The minimum absolute atomic E-state index is 0.274. The van der Waals surface area contributed by atoms with Gasteiger partial charge in [0.05, 0.1) is 13.2 Å². The van der Waals surface area contributed by atoms with Gasteiger partial charge in [-0.3, -0.25) is 0 Å². The molecule has 4 heteroatoms. The summed E-state index contributed by atoms with van der Waals surface area (Å²) in [4.78, 5) is 0. The lowest BCUT2D eigenvalue weighted by Gasteiger charge is -2.10. The Hall–Kier alpha value is -1.31. The fourth-order valence-electron chi connectivity index (χ4n) is 1.12. The van der Waals surface area contributed by atoms with E-state index in [2.05, 4.69) is 5.32 Å². The zero-order valence-corrected chi connectivity index (χ0v) is 8.41. The van der Waals surface area contributed by atoms with E-state index in [0.29, 0.717) is 18.9 Å². The summed E-state index contributed by atoms with van der Waals surface area (Å²) in [6.07, 6.45) is 0. The van der Waals surface area contributed by atoms with E-state index in [1.54, 1.807) is 19.2 Å². The summed E-state index contributed by atoms with van der Waals surface area (Å²) in [6.45, 7) is 3.30. The van der Waals surface area contributed by atoms with Crippen molar-refractivity contribution in [2.45, 2.75) is 19.5 Å². The number of rotatable bonds is 5. The Balaban J connectivity index is 2.35. The van der Waals surface area contributed by atoms with Gasteiger partial charge in [-0.25, -0.2) is 0 Å². The van der Waals surface area contributed by atoms with Crippen molar-refractivity contribution >= 4 is 0 Å². The van der Waals surface area contributed by atoms with Gasteiger partial charge in [0.25, 0.3) is 0 Å². The quantitative estimate of drug-likeness (QED) is 0.767. The third kappa shape index (κ3) is 3.21. The Labute approximate surface area is 83.5 Å². The highest BCUT2D eigenvalue weighted by Gasteiger charge is 2.03. The lowest BCUT2D eigenvalue weighted by molar-refractivity contribution is 0.170. The lowest BCUT2D eigenvalue weighted by Crippen LogP contribution is -2.29. The van der Waals surface area contributed by atoms with Crippen molar-refractivity contribution in [1.29, 1.82) is 5.26 Å². The molecular formula is C10H14N2O2. The van der Waals surface area contributed by atoms with Crippen LogP contribution in [0.1, 0.15) is 18.4 Å². The fourth-order valence-corrected chi connectivity index (χ4v) is 1.12. The maximum Gasteiger partial charge on any atom is 0.203 e. The molecule has 76 valence electrons. The van der Waals surface area contributed by atoms with Gasteiger partial charge in [-0.2, -0.15) is 5.26 Å². The van der Waals surface area contributed by atoms with Crippen LogP contribution in [0.3, 0.4) is 0 Å². The number of furan rings is 1. The van der Waals surface area contributed by atoms with E-state index in [-0.39, 0.29) is 6.04 Å². The number of hydrogen-bond donors (Lipinski definition) is 1. The molecule has 1 N–H and O–H groups in total. The molecule has 1 heterocycles. The van der Waals surface area contributed by atoms with Crippen LogP contribution in [0.2, 0.25) is 0 Å². The van der Waals surface area contributed by atoms with Gasteiger partial charge in [0.1, 0.15) is 11.8 Å². The van der Waals surface area contributed by atoms with E-state index >= 15 is 0 Å². The molecule has 1 aromatic rings. The zero-order chi connectivity index (χ0) is 10.4. The van der Waals surface area contributed by atoms with Gasteiger partial charge in [-0.1, -0.05) is 0 Å². The van der Waals surface area contributed by atoms with E-state index in [9.17, 15) is 0 Å². The largest absolute Gasteiger partial charge is 0.449 e. The van der Waals surface area contributed by atoms with E-state index in [1.165, 1.54) is 0 Å². The molecule has 1 rings (SSSR count). The highest BCUT2D eigenvalue weighted by atomic mass is 16.5. The molecule has 1 aromatic heterocycles. The standard InChI is InChI=1S/C10H14N2O2/c1-8(7-13-2)12-6-10-4-3-9(5-11)14-10/h3-4,8,12H,6-7H2,1-2H3. The van der Waals surface area contributed by atoms with Gasteiger partial charge in [0, 0.05) is 13.2 Å². The molecule has 0 aliphatic rings. The Morgan fingerprint density at radius 3 is 3.00 bits per heavy atom. The van der Waals surface area contributed by atoms with Gasteiger partial charge in [0.15, 0.2) is 0 Å². The van der Waals surface area contributed by atoms with E-state index in [1.807, 2.05) is 13.0 Å². The second-order valence-corrected chi connectivity index (χ2v) is 3.12. The van der Waals surface area contributed by atoms with Crippen molar-refractivity contribution in [2.24, 2.45) is 0 Å². The van der Waals surface area contributed by atoms with Crippen molar-refractivity contribution in [3.8, 4) is 6.07 Å². The monoisotopic (exact) mass is 194 g/mol. The number of nitrogens with one attached hydrogen (secondary N) is 1. The summed E-state index contributed by atoms with van der Waals surface area (Å²) < 4.78 is 10.2. The molecule has 14 heavy (non-hydrogen) atoms. The van der Waals surface area contributed by atoms with E-state index in [4.69, 9.17) is 14.4 Å². The number of hydrogen-bond acceptors (Lipinski definition) is 4. The Morgan fingerprint density at radius 1 is 1.64 bits per heavy atom. The number of ether oxygens (including phenoxy) is 1. The Kier molecular flexibility index (Phi) is 4.17. The van der Waals surface area contributed by atoms with Crippen molar-refractivity contribution in [3.05, 3.63) is 23.7 Å². The van der Waals surface area contributed by atoms with E-state index in [0.717, 1.165) is 5.76 Å². The molecule has 1 unspecified atom stereocenters. The summed E-state index contributed by atoms with van der Waals surface area (Å²) in [5, 5.41) is 11.7. The first-order valence-corrected chi connectivity index (χ1v) is 4.47. The number of nitriles is 1. The van der Waals surface area contributed by atoms with Crippen LogP contribution in [0, 0.1) is 11.3 Å². The summed E-state index contributed by atoms with van der Waals surface area (Å²) in [7, 11) is 1.67.